The van der Waals surface area contributed by atoms with Gasteiger partial charge >= 0.3 is 5.97 Å². The van der Waals surface area contributed by atoms with Gasteiger partial charge in [-0.15, -0.1) is 0 Å². The number of pyridine rings is 1. The molecular formula is C14H11F2NO4. The molecule has 1 aliphatic carbocycles. The molecular weight excluding hydrogens is 284 g/mol. The summed E-state index contributed by atoms with van der Waals surface area (Å²) in [4.78, 5) is 23.3. The standard InChI is InChI=1S/C14H11F2NO4/c1-21-11-3-6(15)2-7-12(11)17(10-4-9(10)16)5-8(13(7)18)14(19)20/h2-3,5,9-10H,4H2,1H3,(H,19,20)/t9-,10-/m1/s1. The lowest BCUT2D eigenvalue weighted by Crippen LogP contribution is -2.19. The van der Waals surface area contributed by atoms with Crippen LogP contribution in [-0.4, -0.2) is 28.9 Å². The van der Waals surface area contributed by atoms with Crippen molar-refractivity contribution in [3.8, 4) is 5.75 Å². The molecule has 1 fully saturated rings. The molecule has 0 amide bonds. The number of methoxy groups -OCH3 is 1. The first-order valence-corrected chi connectivity index (χ1v) is 6.23. The second-order valence-electron chi connectivity index (χ2n) is 4.91. The number of hydrogen-bond donors (Lipinski definition) is 1. The summed E-state index contributed by atoms with van der Waals surface area (Å²) in [6.45, 7) is 0. The number of alkyl halides is 1. The third kappa shape index (κ3) is 2.05. The zero-order valence-corrected chi connectivity index (χ0v) is 11.0. The van der Waals surface area contributed by atoms with Crippen LogP contribution in [0.5, 0.6) is 5.75 Å². The number of ether oxygens (including phenoxy) is 1. The van der Waals surface area contributed by atoms with Gasteiger partial charge in [-0.1, -0.05) is 0 Å². The van der Waals surface area contributed by atoms with E-state index in [1.54, 1.807) is 0 Å². The largest absolute Gasteiger partial charge is 0.494 e. The van der Waals surface area contributed by atoms with Crippen LogP contribution >= 0.6 is 0 Å². The van der Waals surface area contributed by atoms with E-state index in [1.807, 2.05) is 0 Å². The Morgan fingerprint density at radius 2 is 2.14 bits per heavy atom. The average molecular weight is 295 g/mol. The van der Waals surface area contributed by atoms with Crippen LogP contribution in [0.25, 0.3) is 10.9 Å². The summed E-state index contributed by atoms with van der Waals surface area (Å²) in [6.07, 6.45) is 0.196. The predicted molar refractivity (Wildman–Crippen MR) is 70.2 cm³/mol. The number of hydrogen-bond acceptors (Lipinski definition) is 3. The van der Waals surface area contributed by atoms with Crippen molar-refractivity contribution >= 4 is 16.9 Å². The molecule has 5 nitrogen and oxygen atoms in total. The van der Waals surface area contributed by atoms with Gasteiger partial charge in [-0.05, 0) is 6.07 Å². The number of nitrogens with zero attached hydrogens (tertiary/aromatic N) is 1. The number of aromatic nitrogens is 1. The Labute approximate surface area is 117 Å². The van der Waals surface area contributed by atoms with E-state index in [1.165, 1.54) is 11.7 Å². The first kappa shape index (κ1) is 13.5. The zero-order chi connectivity index (χ0) is 15.3. The van der Waals surface area contributed by atoms with Crippen LogP contribution in [0, 0.1) is 5.82 Å². The number of benzene rings is 1. The molecule has 7 heteroatoms. The molecule has 1 saturated carbocycles. The van der Waals surface area contributed by atoms with Gasteiger partial charge in [0, 0.05) is 18.7 Å². The van der Waals surface area contributed by atoms with Crippen molar-refractivity contribution in [3.05, 3.63) is 39.9 Å². The maximum absolute atomic E-state index is 13.6. The summed E-state index contributed by atoms with van der Waals surface area (Å²) in [5, 5.41) is 8.95. The molecule has 0 aliphatic heterocycles. The fraction of sp³-hybridized carbons (Fsp3) is 0.286. The van der Waals surface area contributed by atoms with E-state index in [0.717, 1.165) is 18.3 Å². The third-order valence-electron chi connectivity index (χ3n) is 3.54. The van der Waals surface area contributed by atoms with Gasteiger partial charge in [-0.3, -0.25) is 4.79 Å². The molecule has 0 saturated heterocycles. The number of rotatable bonds is 3. The molecule has 2 atom stereocenters. The van der Waals surface area contributed by atoms with E-state index in [0.29, 0.717) is 0 Å². The van der Waals surface area contributed by atoms with Gasteiger partial charge in [0.15, 0.2) is 0 Å². The number of fused-ring (bicyclic) bond motifs is 1. The van der Waals surface area contributed by atoms with Crippen LogP contribution in [0.4, 0.5) is 8.78 Å². The van der Waals surface area contributed by atoms with Crippen molar-refractivity contribution in [2.75, 3.05) is 7.11 Å². The second kappa shape index (κ2) is 4.54. The number of carboxylic acid groups (broad SMARTS) is 1. The molecule has 1 heterocycles. The molecule has 0 radical (unpaired) electrons. The fourth-order valence-corrected chi connectivity index (χ4v) is 2.43. The van der Waals surface area contributed by atoms with Gasteiger partial charge in [0.25, 0.3) is 0 Å². The molecule has 1 aromatic heterocycles. The minimum atomic E-state index is -1.44. The van der Waals surface area contributed by atoms with Crippen LogP contribution in [0.2, 0.25) is 0 Å². The van der Waals surface area contributed by atoms with Gasteiger partial charge in [0.05, 0.1) is 24.1 Å². The van der Waals surface area contributed by atoms with E-state index >= 15 is 0 Å². The Hall–Kier alpha value is -2.44. The summed E-state index contributed by atoms with van der Waals surface area (Å²) < 4.78 is 33.3. The summed E-state index contributed by atoms with van der Waals surface area (Å²) in [7, 11) is 1.30. The minimum Gasteiger partial charge on any atom is -0.494 e. The molecule has 110 valence electrons. The van der Waals surface area contributed by atoms with E-state index in [9.17, 15) is 18.4 Å². The number of aromatic carboxylic acids is 1. The van der Waals surface area contributed by atoms with E-state index in [2.05, 4.69) is 0 Å². The average Bonchev–Trinajstić information content (AvgIpc) is 3.15. The van der Waals surface area contributed by atoms with Crippen LogP contribution in [0.3, 0.4) is 0 Å². The van der Waals surface area contributed by atoms with Crippen molar-refractivity contribution in [1.82, 2.24) is 4.57 Å². The third-order valence-corrected chi connectivity index (χ3v) is 3.54. The van der Waals surface area contributed by atoms with Crippen LogP contribution in [0.15, 0.2) is 23.1 Å². The quantitative estimate of drug-likeness (QED) is 0.942. The number of carboxylic acids is 1. The van der Waals surface area contributed by atoms with Crippen LogP contribution in [-0.2, 0) is 0 Å². The fourth-order valence-electron chi connectivity index (χ4n) is 2.43. The van der Waals surface area contributed by atoms with Crippen LogP contribution < -0.4 is 10.2 Å². The topological polar surface area (TPSA) is 68.5 Å². The maximum Gasteiger partial charge on any atom is 0.341 e. The van der Waals surface area contributed by atoms with Gasteiger partial charge in [-0.2, -0.15) is 0 Å². The lowest BCUT2D eigenvalue weighted by Gasteiger charge is -2.14. The molecule has 21 heavy (non-hydrogen) atoms. The number of carbonyl (C=O) groups is 1. The number of halogens is 2. The van der Waals surface area contributed by atoms with Crippen molar-refractivity contribution in [1.29, 1.82) is 0 Å². The molecule has 1 N–H and O–H groups in total. The molecule has 3 rings (SSSR count). The predicted octanol–water partition coefficient (Wildman–Crippen LogP) is 2.13. The zero-order valence-electron chi connectivity index (χ0n) is 11.0. The normalized spacial score (nSPS) is 20.5. The highest BCUT2D eigenvalue weighted by atomic mass is 19.1. The van der Waals surface area contributed by atoms with Crippen molar-refractivity contribution in [2.45, 2.75) is 18.6 Å². The second-order valence-corrected chi connectivity index (χ2v) is 4.91. The van der Waals surface area contributed by atoms with E-state index in [-0.39, 0.29) is 23.1 Å². The Bertz CT molecular complexity index is 815. The van der Waals surface area contributed by atoms with Gasteiger partial charge < -0.3 is 14.4 Å². The van der Waals surface area contributed by atoms with Crippen molar-refractivity contribution in [3.63, 3.8) is 0 Å². The minimum absolute atomic E-state index is 0.0677. The Balaban J connectivity index is 2.45. The van der Waals surface area contributed by atoms with Gasteiger partial charge in [-0.25, -0.2) is 13.6 Å². The Morgan fingerprint density at radius 1 is 1.48 bits per heavy atom. The highest BCUT2D eigenvalue weighted by molar-refractivity contribution is 5.94. The summed E-state index contributed by atoms with van der Waals surface area (Å²) >= 11 is 0. The smallest absolute Gasteiger partial charge is 0.341 e. The molecule has 0 unspecified atom stereocenters. The lowest BCUT2D eigenvalue weighted by molar-refractivity contribution is 0.0694. The summed E-state index contributed by atoms with van der Waals surface area (Å²) in [6, 6.07) is 1.46. The SMILES string of the molecule is COc1cc(F)cc2c(=O)c(C(=O)O)cn([C@@H]3C[C@H]3F)c12. The van der Waals surface area contributed by atoms with E-state index in [4.69, 9.17) is 9.84 Å². The Kier molecular flexibility index (Phi) is 2.93. The molecule has 1 aromatic carbocycles. The first-order valence-electron chi connectivity index (χ1n) is 6.23. The van der Waals surface area contributed by atoms with Crippen molar-refractivity contribution in [2.24, 2.45) is 0 Å². The lowest BCUT2D eigenvalue weighted by atomic mass is 10.1. The monoisotopic (exact) mass is 295 g/mol. The van der Waals surface area contributed by atoms with Gasteiger partial charge in [0.1, 0.15) is 23.3 Å². The highest BCUT2D eigenvalue weighted by Crippen LogP contribution is 2.42. The van der Waals surface area contributed by atoms with Crippen molar-refractivity contribution < 1.29 is 23.4 Å². The molecule has 0 spiro atoms. The van der Waals surface area contributed by atoms with E-state index < -0.39 is 35.0 Å². The first-order chi connectivity index (χ1) is 9.93. The summed E-state index contributed by atoms with van der Waals surface area (Å²) in [5.41, 5.74) is -1.13. The molecule has 1 aliphatic rings. The molecule has 2 aromatic rings. The molecule has 0 bridgehead atoms. The Morgan fingerprint density at radius 3 is 2.67 bits per heavy atom. The highest BCUT2D eigenvalue weighted by Gasteiger charge is 2.40. The van der Waals surface area contributed by atoms with Gasteiger partial charge in [0.2, 0.25) is 5.43 Å². The van der Waals surface area contributed by atoms with Crippen LogP contribution in [0.1, 0.15) is 22.8 Å². The summed E-state index contributed by atoms with van der Waals surface area (Å²) in [5.74, 6) is -2.09. The maximum atomic E-state index is 13.6.